The van der Waals surface area contributed by atoms with Crippen molar-refractivity contribution in [1.82, 2.24) is 0 Å². The normalized spacial score (nSPS) is 10.5. The van der Waals surface area contributed by atoms with Crippen LogP contribution in [0.2, 0.25) is 0 Å². The zero-order chi connectivity index (χ0) is 13.2. The Morgan fingerprint density at radius 2 is 1.58 bits per heavy atom. The summed E-state index contributed by atoms with van der Waals surface area (Å²) in [5.74, 6) is 0. The quantitative estimate of drug-likeness (QED) is 0.633. The van der Waals surface area contributed by atoms with Gasteiger partial charge >= 0.3 is 0 Å². The Morgan fingerprint density at radius 1 is 0.789 bits per heavy atom. The van der Waals surface area contributed by atoms with Gasteiger partial charge in [0, 0.05) is 6.61 Å². The second-order valence-electron chi connectivity index (χ2n) is 4.76. The van der Waals surface area contributed by atoms with E-state index in [4.69, 9.17) is 4.74 Å². The highest BCUT2D eigenvalue weighted by Crippen LogP contribution is 2.07. The second kappa shape index (κ2) is 8.49. The van der Waals surface area contributed by atoms with Crippen LogP contribution in [-0.4, -0.2) is 6.61 Å². The van der Waals surface area contributed by atoms with Crippen LogP contribution in [0, 0.1) is 6.07 Å². The summed E-state index contributed by atoms with van der Waals surface area (Å²) >= 11 is 0. The van der Waals surface area contributed by atoms with E-state index in [2.05, 4.69) is 48.5 Å². The van der Waals surface area contributed by atoms with Crippen molar-refractivity contribution >= 4 is 0 Å². The highest BCUT2D eigenvalue weighted by Gasteiger charge is 1.94. The number of benzene rings is 2. The SMILES string of the molecule is [c]1ccc(COCCCCCc2ccccc2)cc1. The van der Waals surface area contributed by atoms with Gasteiger partial charge in [-0.05, 0) is 36.5 Å². The molecule has 0 saturated carbocycles. The maximum atomic E-state index is 5.66. The summed E-state index contributed by atoms with van der Waals surface area (Å²) in [7, 11) is 0. The molecule has 0 aliphatic heterocycles. The maximum Gasteiger partial charge on any atom is 0.0716 e. The topological polar surface area (TPSA) is 9.23 Å². The van der Waals surface area contributed by atoms with Gasteiger partial charge in [0.15, 0.2) is 0 Å². The average Bonchev–Trinajstić information content (AvgIpc) is 2.48. The van der Waals surface area contributed by atoms with Crippen LogP contribution in [0.1, 0.15) is 30.4 Å². The van der Waals surface area contributed by atoms with Gasteiger partial charge in [0.1, 0.15) is 0 Å². The van der Waals surface area contributed by atoms with Gasteiger partial charge in [0.25, 0.3) is 0 Å². The van der Waals surface area contributed by atoms with E-state index < -0.39 is 0 Å². The van der Waals surface area contributed by atoms with Crippen molar-refractivity contribution in [2.24, 2.45) is 0 Å². The summed E-state index contributed by atoms with van der Waals surface area (Å²) < 4.78 is 5.66. The molecule has 0 atom stereocenters. The van der Waals surface area contributed by atoms with E-state index in [-0.39, 0.29) is 0 Å². The van der Waals surface area contributed by atoms with Crippen LogP contribution in [0.15, 0.2) is 54.6 Å². The molecule has 99 valence electrons. The van der Waals surface area contributed by atoms with E-state index in [9.17, 15) is 0 Å². The molecule has 0 aliphatic carbocycles. The van der Waals surface area contributed by atoms with Crippen molar-refractivity contribution < 1.29 is 4.74 Å². The van der Waals surface area contributed by atoms with Gasteiger partial charge in [-0.25, -0.2) is 0 Å². The molecule has 0 unspecified atom stereocenters. The third kappa shape index (κ3) is 5.71. The van der Waals surface area contributed by atoms with E-state index >= 15 is 0 Å². The number of hydrogen-bond donors (Lipinski definition) is 0. The molecule has 1 nitrogen and oxygen atoms in total. The number of ether oxygens (including phenoxy) is 1. The van der Waals surface area contributed by atoms with Gasteiger partial charge in [-0.1, -0.05) is 61.0 Å². The first-order chi connectivity index (χ1) is 9.45. The van der Waals surface area contributed by atoms with E-state index in [0.29, 0.717) is 6.61 Å². The van der Waals surface area contributed by atoms with Gasteiger partial charge in [0.2, 0.25) is 0 Å². The molecule has 2 aromatic rings. The Bertz CT molecular complexity index is 392. The molecule has 0 fully saturated rings. The van der Waals surface area contributed by atoms with E-state index in [1.165, 1.54) is 30.4 Å². The summed E-state index contributed by atoms with van der Waals surface area (Å²) in [4.78, 5) is 0. The molecule has 2 aromatic carbocycles. The van der Waals surface area contributed by atoms with Gasteiger partial charge < -0.3 is 4.74 Å². The number of unbranched alkanes of at least 4 members (excludes halogenated alkanes) is 2. The molecule has 1 radical (unpaired) electrons. The summed E-state index contributed by atoms with van der Waals surface area (Å²) in [6.45, 7) is 1.57. The standard InChI is InChI=1S/C18H21O/c1-4-10-17(11-5-1)12-8-3-9-15-19-16-18-13-6-2-7-14-18/h1,4-7,10-11,13-14H,3,8-9,12,15-16H2. The Labute approximate surface area is 116 Å². The van der Waals surface area contributed by atoms with Gasteiger partial charge in [-0.3, -0.25) is 0 Å². The van der Waals surface area contributed by atoms with Crippen LogP contribution in [0.25, 0.3) is 0 Å². The lowest BCUT2D eigenvalue weighted by Crippen LogP contribution is -1.96. The van der Waals surface area contributed by atoms with Crippen molar-refractivity contribution in [3.05, 3.63) is 71.8 Å². The van der Waals surface area contributed by atoms with Crippen LogP contribution in [0.5, 0.6) is 0 Å². The molecule has 0 N–H and O–H groups in total. The van der Waals surface area contributed by atoms with E-state index in [0.717, 1.165) is 13.0 Å². The summed E-state index contributed by atoms with van der Waals surface area (Å²) in [5.41, 5.74) is 2.66. The Hall–Kier alpha value is -1.60. The van der Waals surface area contributed by atoms with Crippen molar-refractivity contribution in [3.63, 3.8) is 0 Å². The highest BCUT2D eigenvalue weighted by atomic mass is 16.5. The minimum Gasteiger partial charge on any atom is -0.377 e. The molecule has 0 heterocycles. The van der Waals surface area contributed by atoms with Crippen LogP contribution in [-0.2, 0) is 17.8 Å². The third-order valence-corrected chi connectivity index (χ3v) is 3.15. The Morgan fingerprint density at radius 3 is 2.37 bits per heavy atom. The largest absolute Gasteiger partial charge is 0.377 e. The molecule has 1 heteroatoms. The highest BCUT2D eigenvalue weighted by molar-refractivity contribution is 5.14. The molecule has 0 aliphatic rings. The first-order valence-corrected chi connectivity index (χ1v) is 7.02. The Balaban J connectivity index is 1.49. The van der Waals surface area contributed by atoms with Crippen molar-refractivity contribution in [2.75, 3.05) is 6.61 Å². The molecule has 0 amide bonds. The van der Waals surface area contributed by atoms with Crippen molar-refractivity contribution in [2.45, 2.75) is 32.3 Å². The monoisotopic (exact) mass is 253 g/mol. The third-order valence-electron chi connectivity index (χ3n) is 3.15. The maximum absolute atomic E-state index is 5.66. The van der Waals surface area contributed by atoms with Gasteiger partial charge in [-0.15, -0.1) is 0 Å². The smallest absolute Gasteiger partial charge is 0.0716 e. The predicted octanol–water partition coefficient (Wildman–Crippen LogP) is 4.42. The lowest BCUT2D eigenvalue weighted by Gasteiger charge is -2.04. The molecular weight excluding hydrogens is 232 g/mol. The zero-order valence-corrected chi connectivity index (χ0v) is 11.3. The van der Waals surface area contributed by atoms with Crippen LogP contribution < -0.4 is 0 Å². The van der Waals surface area contributed by atoms with Gasteiger partial charge in [0.05, 0.1) is 6.61 Å². The lowest BCUT2D eigenvalue weighted by atomic mass is 10.1. The number of rotatable bonds is 8. The van der Waals surface area contributed by atoms with E-state index in [1.54, 1.807) is 0 Å². The van der Waals surface area contributed by atoms with Crippen molar-refractivity contribution in [1.29, 1.82) is 0 Å². The average molecular weight is 253 g/mol. The van der Waals surface area contributed by atoms with E-state index in [1.807, 2.05) is 12.1 Å². The summed E-state index contributed by atoms with van der Waals surface area (Å²) in [6, 6.07) is 21.6. The summed E-state index contributed by atoms with van der Waals surface area (Å²) in [6.07, 6.45) is 4.80. The van der Waals surface area contributed by atoms with Crippen LogP contribution >= 0.6 is 0 Å². The fourth-order valence-corrected chi connectivity index (χ4v) is 2.06. The van der Waals surface area contributed by atoms with Crippen LogP contribution in [0.4, 0.5) is 0 Å². The fraction of sp³-hybridized carbons (Fsp3) is 0.333. The number of aryl methyl sites for hydroxylation is 1. The molecule has 2 rings (SSSR count). The van der Waals surface area contributed by atoms with Crippen molar-refractivity contribution in [3.8, 4) is 0 Å². The second-order valence-corrected chi connectivity index (χ2v) is 4.76. The molecule has 0 saturated heterocycles. The minimum atomic E-state index is 0.716. The lowest BCUT2D eigenvalue weighted by molar-refractivity contribution is 0.117. The fourth-order valence-electron chi connectivity index (χ4n) is 2.06. The number of hydrogen-bond acceptors (Lipinski definition) is 1. The first kappa shape index (κ1) is 13.8. The first-order valence-electron chi connectivity index (χ1n) is 7.02. The molecule has 0 bridgehead atoms. The van der Waals surface area contributed by atoms with Gasteiger partial charge in [-0.2, -0.15) is 0 Å². The summed E-state index contributed by atoms with van der Waals surface area (Å²) in [5, 5.41) is 0. The molecular formula is C18H21O. The molecule has 0 aromatic heterocycles. The predicted molar refractivity (Wildman–Crippen MR) is 78.9 cm³/mol. The Kier molecular flexibility index (Phi) is 6.18. The van der Waals surface area contributed by atoms with Crippen LogP contribution in [0.3, 0.4) is 0 Å². The molecule has 0 spiro atoms. The zero-order valence-electron chi connectivity index (χ0n) is 11.3. The molecule has 19 heavy (non-hydrogen) atoms. The minimum absolute atomic E-state index is 0.716.